The Bertz CT molecular complexity index is 279. The lowest BCUT2D eigenvalue weighted by molar-refractivity contribution is 0.224. The third kappa shape index (κ3) is 4.82. The minimum atomic E-state index is -0.236. The average Bonchev–Trinajstić information content (AvgIpc) is 2.28. The summed E-state index contributed by atoms with van der Waals surface area (Å²) in [5.74, 6) is 1.93. The minimum absolute atomic E-state index is 0.236. The molecule has 0 amide bonds. The van der Waals surface area contributed by atoms with E-state index in [2.05, 4.69) is 0 Å². The standard InChI is InChI=1S/C12H17BO2/c1-3-14-13(15-4-2)11-10-12-8-6-5-7-9-12/h5-11H,3-4H2,1-2H3/b11-10+. The number of hydrogen-bond donors (Lipinski definition) is 0. The van der Waals surface area contributed by atoms with Crippen LogP contribution in [0.25, 0.3) is 6.08 Å². The molecular weight excluding hydrogens is 187 g/mol. The van der Waals surface area contributed by atoms with Gasteiger partial charge in [0.05, 0.1) is 0 Å². The number of benzene rings is 1. The van der Waals surface area contributed by atoms with Gasteiger partial charge in [-0.2, -0.15) is 0 Å². The Morgan fingerprint density at radius 3 is 2.20 bits per heavy atom. The predicted molar refractivity (Wildman–Crippen MR) is 64.5 cm³/mol. The van der Waals surface area contributed by atoms with Crippen LogP contribution in [0.2, 0.25) is 0 Å². The monoisotopic (exact) mass is 204 g/mol. The molecule has 0 aromatic heterocycles. The van der Waals surface area contributed by atoms with Gasteiger partial charge >= 0.3 is 7.12 Å². The maximum absolute atomic E-state index is 5.40. The van der Waals surface area contributed by atoms with Crippen LogP contribution in [0.1, 0.15) is 19.4 Å². The fourth-order valence-corrected chi connectivity index (χ4v) is 1.24. The molecule has 0 spiro atoms. The largest absolute Gasteiger partial charge is 0.486 e. The van der Waals surface area contributed by atoms with Crippen molar-refractivity contribution in [2.75, 3.05) is 13.2 Å². The molecule has 0 radical (unpaired) electrons. The van der Waals surface area contributed by atoms with Gasteiger partial charge in [0, 0.05) is 13.2 Å². The summed E-state index contributed by atoms with van der Waals surface area (Å²) < 4.78 is 10.8. The van der Waals surface area contributed by atoms with Gasteiger partial charge < -0.3 is 9.31 Å². The van der Waals surface area contributed by atoms with Gasteiger partial charge in [-0.3, -0.25) is 0 Å². The van der Waals surface area contributed by atoms with Crippen molar-refractivity contribution in [2.45, 2.75) is 13.8 Å². The molecule has 2 nitrogen and oxygen atoms in total. The highest BCUT2D eigenvalue weighted by Crippen LogP contribution is 2.02. The van der Waals surface area contributed by atoms with Gasteiger partial charge in [0.15, 0.2) is 0 Å². The molecule has 0 aliphatic carbocycles. The van der Waals surface area contributed by atoms with E-state index < -0.39 is 0 Å². The molecule has 1 aromatic rings. The Balaban J connectivity index is 2.53. The van der Waals surface area contributed by atoms with Crippen LogP contribution < -0.4 is 0 Å². The zero-order valence-electron chi connectivity index (χ0n) is 9.35. The molecule has 3 heteroatoms. The molecule has 0 fully saturated rings. The highest BCUT2D eigenvalue weighted by atomic mass is 16.6. The molecule has 0 atom stereocenters. The number of hydrogen-bond acceptors (Lipinski definition) is 2. The van der Waals surface area contributed by atoms with Crippen molar-refractivity contribution < 1.29 is 9.31 Å². The first-order chi connectivity index (χ1) is 7.36. The van der Waals surface area contributed by atoms with Crippen LogP contribution >= 0.6 is 0 Å². The molecule has 0 aliphatic rings. The van der Waals surface area contributed by atoms with Crippen LogP contribution in [0.4, 0.5) is 0 Å². The van der Waals surface area contributed by atoms with Crippen LogP contribution in [-0.4, -0.2) is 20.3 Å². The first kappa shape index (κ1) is 12.0. The molecule has 0 aliphatic heterocycles. The first-order valence-corrected chi connectivity index (χ1v) is 5.33. The van der Waals surface area contributed by atoms with Gasteiger partial charge in [0.2, 0.25) is 0 Å². The van der Waals surface area contributed by atoms with E-state index in [9.17, 15) is 0 Å². The van der Waals surface area contributed by atoms with Crippen molar-refractivity contribution in [3.63, 3.8) is 0 Å². The van der Waals surface area contributed by atoms with E-state index in [0.717, 1.165) is 5.56 Å². The quantitative estimate of drug-likeness (QED) is 0.663. The van der Waals surface area contributed by atoms with E-state index in [0.29, 0.717) is 13.2 Å². The highest BCUT2D eigenvalue weighted by Gasteiger charge is 2.11. The maximum atomic E-state index is 5.40. The molecule has 0 unspecified atom stereocenters. The fourth-order valence-electron chi connectivity index (χ4n) is 1.24. The van der Waals surface area contributed by atoms with Crippen LogP contribution in [-0.2, 0) is 9.31 Å². The second-order valence-electron chi connectivity index (χ2n) is 3.05. The number of rotatable bonds is 6. The Hall–Kier alpha value is -1.06. The second-order valence-corrected chi connectivity index (χ2v) is 3.05. The maximum Gasteiger partial charge on any atom is 0.486 e. The van der Waals surface area contributed by atoms with Gasteiger partial charge in [-0.25, -0.2) is 0 Å². The lowest BCUT2D eigenvalue weighted by atomic mass is 9.88. The van der Waals surface area contributed by atoms with Crippen molar-refractivity contribution in [3.05, 3.63) is 41.9 Å². The lowest BCUT2D eigenvalue weighted by Gasteiger charge is -2.07. The van der Waals surface area contributed by atoms with Gasteiger partial charge in [-0.15, -0.1) is 0 Å². The summed E-state index contributed by atoms with van der Waals surface area (Å²) in [7, 11) is -0.236. The van der Waals surface area contributed by atoms with E-state index in [1.54, 1.807) is 0 Å². The lowest BCUT2D eigenvalue weighted by Crippen LogP contribution is -2.20. The normalized spacial score (nSPS) is 10.8. The van der Waals surface area contributed by atoms with Crippen LogP contribution in [0.5, 0.6) is 0 Å². The van der Waals surface area contributed by atoms with E-state index in [4.69, 9.17) is 9.31 Å². The summed E-state index contributed by atoms with van der Waals surface area (Å²) in [6, 6.07) is 10.1. The van der Waals surface area contributed by atoms with Crippen molar-refractivity contribution >= 4 is 13.2 Å². The summed E-state index contributed by atoms with van der Waals surface area (Å²) in [6.07, 6.45) is 2.01. The van der Waals surface area contributed by atoms with E-state index in [1.165, 1.54) is 0 Å². The first-order valence-electron chi connectivity index (χ1n) is 5.33. The summed E-state index contributed by atoms with van der Waals surface area (Å²) in [4.78, 5) is 0. The van der Waals surface area contributed by atoms with Crippen LogP contribution in [0.15, 0.2) is 36.3 Å². The van der Waals surface area contributed by atoms with E-state index in [1.807, 2.05) is 56.2 Å². The van der Waals surface area contributed by atoms with Crippen LogP contribution in [0, 0.1) is 0 Å². The fraction of sp³-hybridized carbons (Fsp3) is 0.333. The molecule has 1 aromatic carbocycles. The van der Waals surface area contributed by atoms with Crippen molar-refractivity contribution in [1.29, 1.82) is 0 Å². The van der Waals surface area contributed by atoms with E-state index >= 15 is 0 Å². The minimum Gasteiger partial charge on any atom is -0.408 e. The molecule has 80 valence electrons. The highest BCUT2D eigenvalue weighted by molar-refractivity contribution is 6.51. The van der Waals surface area contributed by atoms with Crippen molar-refractivity contribution in [3.8, 4) is 0 Å². The van der Waals surface area contributed by atoms with Crippen molar-refractivity contribution in [1.82, 2.24) is 0 Å². The molecule has 15 heavy (non-hydrogen) atoms. The predicted octanol–water partition coefficient (Wildman–Crippen LogP) is 2.80. The molecule has 0 saturated carbocycles. The molecule has 0 saturated heterocycles. The van der Waals surface area contributed by atoms with Crippen molar-refractivity contribution in [2.24, 2.45) is 0 Å². The van der Waals surface area contributed by atoms with E-state index in [-0.39, 0.29) is 7.12 Å². The third-order valence-corrected chi connectivity index (χ3v) is 1.91. The smallest absolute Gasteiger partial charge is 0.408 e. The second kappa shape index (κ2) is 7.26. The Kier molecular flexibility index (Phi) is 5.82. The molecule has 0 heterocycles. The zero-order chi connectivity index (χ0) is 10.9. The summed E-state index contributed by atoms with van der Waals surface area (Å²) in [5.41, 5.74) is 1.15. The molecule has 0 N–H and O–H groups in total. The molecular formula is C12H17BO2. The Morgan fingerprint density at radius 1 is 1.07 bits per heavy atom. The summed E-state index contributed by atoms with van der Waals surface area (Å²) >= 11 is 0. The average molecular weight is 204 g/mol. The molecule has 0 bridgehead atoms. The Labute approximate surface area is 92.1 Å². The topological polar surface area (TPSA) is 18.5 Å². The third-order valence-electron chi connectivity index (χ3n) is 1.91. The zero-order valence-corrected chi connectivity index (χ0v) is 9.35. The van der Waals surface area contributed by atoms with Crippen LogP contribution in [0.3, 0.4) is 0 Å². The summed E-state index contributed by atoms with van der Waals surface area (Å²) in [6.45, 7) is 5.23. The van der Waals surface area contributed by atoms with Gasteiger partial charge in [-0.05, 0) is 19.4 Å². The SMILES string of the molecule is CCOB(/C=C/c1ccccc1)OCC. The Morgan fingerprint density at radius 2 is 1.67 bits per heavy atom. The summed E-state index contributed by atoms with van der Waals surface area (Å²) in [5, 5.41) is 0. The van der Waals surface area contributed by atoms with Gasteiger partial charge in [0.25, 0.3) is 0 Å². The van der Waals surface area contributed by atoms with Gasteiger partial charge in [0.1, 0.15) is 0 Å². The molecule has 1 rings (SSSR count). The van der Waals surface area contributed by atoms with Gasteiger partial charge in [-0.1, -0.05) is 42.4 Å².